The molecule has 0 saturated heterocycles. The second kappa shape index (κ2) is 5.39. The normalized spacial score (nSPS) is 10.8. The molecular formula is C15H9Cl2FN2O. The topological polar surface area (TPSA) is 44.9 Å². The molecule has 0 spiro atoms. The van der Waals surface area contributed by atoms with Gasteiger partial charge >= 0.3 is 0 Å². The number of hydrogen-bond donors (Lipinski definition) is 2. The van der Waals surface area contributed by atoms with E-state index in [1.807, 2.05) is 0 Å². The van der Waals surface area contributed by atoms with E-state index >= 15 is 0 Å². The van der Waals surface area contributed by atoms with E-state index in [1.54, 1.807) is 30.3 Å². The van der Waals surface area contributed by atoms with Crippen LogP contribution in [0, 0.1) is 5.82 Å². The maximum atomic E-state index is 13.1. The Bertz CT molecular complexity index is 845. The molecule has 2 N–H and O–H groups in total. The van der Waals surface area contributed by atoms with E-state index in [2.05, 4.69) is 10.3 Å². The highest BCUT2D eigenvalue weighted by Crippen LogP contribution is 2.25. The standard InChI is InChI=1S/C15H9Cl2FN2O/c16-11-4-3-10(7-12(11)17)19-15(21)14-5-8-1-2-9(18)6-13(8)20-14/h1-7,20H,(H,19,21). The number of rotatable bonds is 2. The number of carbonyl (C=O) groups excluding carboxylic acids is 1. The van der Waals surface area contributed by atoms with Crippen LogP contribution in [0.1, 0.15) is 10.5 Å². The summed E-state index contributed by atoms with van der Waals surface area (Å²) in [6.45, 7) is 0. The van der Waals surface area contributed by atoms with Crippen LogP contribution in [-0.4, -0.2) is 10.9 Å². The minimum atomic E-state index is -0.360. The first-order chi connectivity index (χ1) is 10.0. The van der Waals surface area contributed by atoms with Crippen LogP contribution in [0.5, 0.6) is 0 Å². The molecule has 3 aromatic rings. The van der Waals surface area contributed by atoms with Crippen molar-refractivity contribution in [1.29, 1.82) is 0 Å². The Morgan fingerprint density at radius 2 is 1.86 bits per heavy atom. The first kappa shape index (κ1) is 13.9. The van der Waals surface area contributed by atoms with Gasteiger partial charge in [0, 0.05) is 16.6 Å². The number of nitrogens with one attached hydrogen (secondary N) is 2. The molecule has 3 nitrogen and oxygen atoms in total. The van der Waals surface area contributed by atoms with Crippen LogP contribution in [0.3, 0.4) is 0 Å². The Hall–Kier alpha value is -2.04. The van der Waals surface area contributed by atoms with Gasteiger partial charge < -0.3 is 10.3 Å². The molecule has 0 aliphatic carbocycles. The molecular weight excluding hydrogens is 314 g/mol. The molecule has 2 aromatic carbocycles. The van der Waals surface area contributed by atoms with Gasteiger partial charge in [0.2, 0.25) is 0 Å². The zero-order valence-corrected chi connectivity index (χ0v) is 12.1. The molecule has 6 heteroatoms. The Morgan fingerprint density at radius 3 is 2.62 bits per heavy atom. The molecule has 1 heterocycles. The van der Waals surface area contributed by atoms with Crippen LogP contribution in [0.25, 0.3) is 10.9 Å². The van der Waals surface area contributed by atoms with Gasteiger partial charge in [-0.3, -0.25) is 4.79 Å². The smallest absolute Gasteiger partial charge is 0.272 e. The van der Waals surface area contributed by atoms with Gasteiger partial charge in [-0.15, -0.1) is 0 Å². The summed E-state index contributed by atoms with van der Waals surface area (Å²) in [5.74, 6) is -0.703. The molecule has 21 heavy (non-hydrogen) atoms. The molecule has 0 unspecified atom stereocenters. The van der Waals surface area contributed by atoms with Crippen LogP contribution in [0.4, 0.5) is 10.1 Å². The van der Waals surface area contributed by atoms with E-state index in [9.17, 15) is 9.18 Å². The fourth-order valence-electron chi connectivity index (χ4n) is 1.99. The van der Waals surface area contributed by atoms with Crippen LogP contribution in [-0.2, 0) is 0 Å². The first-order valence-corrected chi connectivity index (χ1v) is 6.83. The number of aromatic amines is 1. The van der Waals surface area contributed by atoms with E-state index in [0.717, 1.165) is 5.39 Å². The zero-order valence-electron chi connectivity index (χ0n) is 10.6. The summed E-state index contributed by atoms with van der Waals surface area (Å²) < 4.78 is 13.1. The average Bonchev–Trinajstić information content (AvgIpc) is 2.86. The molecule has 1 aromatic heterocycles. The fourth-order valence-corrected chi connectivity index (χ4v) is 2.29. The van der Waals surface area contributed by atoms with Crippen LogP contribution < -0.4 is 5.32 Å². The highest BCUT2D eigenvalue weighted by molar-refractivity contribution is 6.42. The average molecular weight is 323 g/mol. The third-order valence-corrected chi connectivity index (χ3v) is 3.75. The van der Waals surface area contributed by atoms with Gasteiger partial charge in [0.1, 0.15) is 11.5 Å². The maximum absolute atomic E-state index is 13.1. The Morgan fingerprint density at radius 1 is 1.05 bits per heavy atom. The van der Waals surface area contributed by atoms with E-state index in [-0.39, 0.29) is 11.7 Å². The number of benzene rings is 2. The molecule has 0 radical (unpaired) electrons. The lowest BCUT2D eigenvalue weighted by Gasteiger charge is -2.04. The lowest BCUT2D eigenvalue weighted by Crippen LogP contribution is -2.12. The summed E-state index contributed by atoms with van der Waals surface area (Å²) in [4.78, 5) is 15.0. The summed E-state index contributed by atoms with van der Waals surface area (Å²) in [6, 6.07) is 10.7. The minimum absolute atomic E-state index is 0.335. The van der Waals surface area contributed by atoms with Crippen molar-refractivity contribution in [3.05, 3.63) is 64.0 Å². The number of hydrogen-bond acceptors (Lipinski definition) is 1. The number of fused-ring (bicyclic) bond motifs is 1. The van der Waals surface area contributed by atoms with E-state index < -0.39 is 0 Å². The maximum Gasteiger partial charge on any atom is 0.272 e. The van der Waals surface area contributed by atoms with Crippen molar-refractivity contribution < 1.29 is 9.18 Å². The number of aromatic nitrogens is 1. The summed E-state index contributed by atoms with van der Waals surface area (Å²) in [6.07, 6.45) is 0. The third kappa shape index (κ3) is 2.86. The first-order valence-electron chi connectivity index (χ1n) is 6.07. The van der Waals surface area contributed by atoms with Crippen LogP contribution in [0.15, 0.2) is 42.5 Å². The second-order valence-electron chi connectivity index (χ2n) is 4.50. The third-order valence-electron chi connectivity index (χ3n) is 3.01. The monoisotopic (exact) mass is 322 g/mol. The number of anilines is 1. The Balaban J connectivity index is 1.87. The minimum Gasteiger partial charge on any atom is -0.350 e. The molecule has 3 rings (SSSR count). The molecule has 106 valence electrons. The zero-order chi connectivity index (χ0) is 15.0. The van der Waals surface area contributed by atoms with Gasteiger partial charge in [-0.25, -0.2) is 4.39 Å². The quantitative estimate of drug-likeness (QED) is 0.694. The Labute approximate surface area is 129 Å². The van der Waals surface area contributed by atoms with Gasteiger partial charge in [-0.05, 0) is 42.5 Å². The largest absolute Gasteiger partial charge is 0.350 e. The van der Waals surface area contributed by atoms with E-state index in [4.69, 9.17) is 23.2 Å². The Kier molecular flexibility index (Phi) is 3.57. The van der Waals surface area contributed by atoms with Gasteiger partial charge in [0.15, 0.2) is 0 Å². The van der Waals surface area contributed by atoms with Gasteiger partial charge in [0.05, 0.1) is 10.0 Å². The lowest BCUT2D eigenvalue weighted by molar-refractivity contribution is 0.102. The molecule has 0 bridgehead atoms. The van der Waals surface area contributed by atoms with Crippen molar-refractivity contribution in [3.63, 3.8) is 0 Å². The van der Waals surface area contributed by atoms with E-state index in [0.29, 0.717) is 26.9 Å². The van der Waals surface area contributed by atoms with E-state index in [1.165, 1.54) is 12.1 Å². The highest BCUT2D eigenvalue weighted by atomic mass is 35.5. The number of H-pyrrole nitrogens is 1. The number of amides is 1. The lowest BCUT2D eigenvalue weighted by atomic mass is 10.2. The summed E-state index contributed by atoms with van der Waals surface area (Å²) in [5, 5.41) is 4.22. The summed E-state index contributed by atoms with van der Waals surface area (Å²) >= 11 is 11.7. The van der Waals surface area contributed by atoms with Crippen molar-refractivity contribution in [2.45, 2.75) is 0 Å². The molecule has 0 saturated carbocycles. The van der Waals surface area contributed by atoms with Crippen LogP contribution in [0.2, 0.25) is 10.0 Å². The molecule has 0 atom stereocenters. The predicted molar refractivity (Wildman–Crippen MR) is 82.7 cm³/mol. The summed E-state index contributed by atoms with van der Waals surface area (Å²) in [5.41, 5.74) is 1.43. The van der Waals surface area contributed by atoms with Gasteiger partial charge in [-0.2, -0.15) is 0 Å². The molecule has 0 aliphatic rings. The predicted octanol–water partition coefficient (Wildman–Crippen LogP) is 4.87. The van der Waals surface area contributed by atoms with Gasteiger partial charge in [-0.1, -0.05) is 23.2 Å². The van der Waals surface area contributed by atoms with Crippen molar-refractivity contribution in [1.82, 2.24) is 4.98 Å². The van der Waals surface area contributed by atoms with Gasteiger partial charge in [0.25, 0.3) is 5.91 Å². The van der Waals surface area contributed by atoms with Crippen LogP contribution >= 0.6 is 23.2 Å². The van der Waals surface area contributed by atoms with Crippen molar-refractivity contribution in [2.75, 3.05) is 5.32 Å². The second-order valence-corrected chi connectivity index (χ2v) is 5.31. The van der Waals surface area contributed by atoms with Crippen molar-refractivity contribution in [2.24, 2.45) is 0 Å². The van der Waals surface area contributed by atoms with Crippen molar-refractivity contribution >= 4 is 45.7 Å². The number of carbonyl (C=O) groups is 1. The molecule has 1 amide bonds. The van der Waals surface area contributed by atoms with Crippen molar-refractivity contribution in [3.8, 4) is 0 Å². The highest BCUT2D eigenvalue weighted by Gasteiger charge is 2.11. The molecule has 0 fully saturated rings. The summed E-state index contributed by atoms with van der Waals surface area (Å²) in [7, 11) is 0. The SMILES string of the molecule is O=C(Nc1ccc(Cl)c(Cl)c1)c1cc2ccc(F)cc2[nH]1. The number of halogens is 3. The molecule has 0 aliphatic heterocycles. The fraction of sp³-hybridized carbons (Fsp3) is 0.